The van der Waals surface area contributed by atoms with E-state index in [1.165, 1.54) is 16.0 Å². The zero-order valence-corrected chi connectivity index (χ0v) is 12.0. The summed E-state index contributed by atoms with van der Waals surface area (Å²) in [6.07, 6.45) is 1.52. The molecule has 2 amide bonds. The maximum atomic E-state index is 12.6. The fraction of sp³-hybridized carbons (Fsp3) is 0.333. The lowest BCUT2D eigenvalue weighted by Gasteiger charge is -2.37. The van der Waals surface area contributed by atoms with Crippen molar-refractivity contribution in [3.8, 4) is 0 Å². The SMILES string of the molecule is C=CCON1C(=O)N2CC1(C)c1ccccc1C2C(=O)OF. The van der Waals surface area contributed by atoms with Crippen molar-refractivity contribution in [1.82, 2.24) is 9.96 Å². The standard InChI is InChI=1S/C15H15FN2O4/c1-3-8-21-18-14(20)17-9-15(18,2)11-7-5-4-6-10(11)12(17)13(19)22-16/h3-7,12H,1,8-9H2,2H3. The molecular weight excluding hydrogens is 291 g/mol. The quantitative estimate of drug-likeness (QED) is 0.801. The van der Waals surface area contributed by atoms with Gasteiger partial charge in [0, 0.05) is 4.53 Å². The molecule has 2 atom stereocenters. The zero-order valence-electron chi connectivity index (χ0n) is 12.0. The predicted molar refractivity (Wildman–Crippen MR) is 73.8 cm³/mol. The van der Waals surface area contributed by atoms with E-state index in [4.69, 9.17) is 4.84 Å². The van der Waals surface area contributed by atoms with E-state index in [-0.39, 0.29) is 13.2 Å². The van der Waals surface area contributed by atoms with Crippen LogP contribution < -0.4 is 0 Å². The van der Waals surface area contributed by atoms with Gasteiger partial charge in [0.05, 0.1) is 13.2 Å². The highest BCUT2D eigenvalue weighted by molar-refractivity contribution is 5.88. The van der Waals surface area contributed by atoms with Crippen LogP contribution in [0.2, 0.25) is 0 Å². The molecule has 2 aliphatic heterocycles. The molecule has 2 unspecified atom stereocenters. The monoisotopic (exact) mass is 306 g/mol. The van der Waals surface area contributed by atoms with Gasteiger partial charge in [0.2, 0.25) is 0 Å². The molecule has 1 aromatic carbocycles. The minimum absolute atomic E-state index is 0.148. The number of rotatable bonds is 4. The average Bonchev–Trinajstić information content (AvgIpc) is 2.74. The second kappa shape index (κ2) is 5.10. The molecule has 7 heteroatoms. The molecule has 2 heterocycles. The number of carbonyl (C=O) groups is 2. The smallest absolute Gasteiger partial charge is 0.302 e. The van der Waals surface area contributed by atoms with Crippen LogP contribution in [0.4, 0.5) is 9.32 Å². The summed E-state index contributed by atoms with van der Waals surface area (Å²) in [5, 5.41) is 1.22. The number of fused-ring (bicyclic) bond motifs is 4. The predicted octanol–water partition coefficient (Wildman–Crippen LogP) is 2.24. The van der Waals surface area contributed by atoms with Crippen LogP contribution in [-0.2, 0) is 20.1 Å². The molecule has 6 nitrogen and oxygen atoms in total. The molecule has 1 aromatic rings. The number of amides is 2. The van der Waals surface area contributed by atoms with E-state index < -0.39 is 23.6 Å². The van der Waals surface area contributed by atoms with Crippen LogP contribution in [0.15, 0.2) is 36.9 Å². The highest BCUT2D eigenvalue weighted by atomic mass is 19.3. The van der Waals surface area contributed by atoms with Crippen LogP contribution in [-0.4, -0.2) is 35.1 Å². The summed E-state index contributed by atoms with van der Waals surface area (Å²) in [7, 11) is 0. The van der Waals surface area contributed by atoms with Gasteiger partial charge in [0.25, 0.3) is 0 Å². The molecular formula is C15H15FN2O4. The third-order valence-corrected chi connectivity index (χ3v) is 4.11. The Morgan fingerprint density at radius 3 is 2.95 bits per heavy atom. The van der Waals surface area contributed by atoms with Gasteiger partial charge in [0.1, 0.15) is 5.54 Å². The van der Waals surface area contributed by atoms with Crippen molar-refractivity contribution >= 4 is 12.0 Å². The van der Waals surface area contributed by atoms with Gasteiger partial charge < -0.3 is 4.90 Å². The first-order valence-corrected chi connectivity index (χ1v) is 6.81. The molecule has 2 bridgehead atoms. The molecule has 22 heavy (non-hydrogen) atoms. The first-order chi connectivity index (χ1) is 10.5. The van der Waals surface area contributed by atoms with Crippen molar-refractivity contribution in [2.45, 2.75) is 18.5 Å². The third kappa shape index (κ3) is 1.82. The van der Waals surface area contributed by atoms with Gasteiger partial charge in [-0.1, -0.05) is 30.3 Å². The summed E-state index contributed by atoms with van der Waals surface area (Å²) in [5.41, 5.74) is 0.512. The van der Waals surface area contributed by atoms with Crippen LogP contribution in [0.1, 0.15) is 24.1 Å². The van der Waals surface area contributed by atoms with Gasteiger partial charge in [-0.2, -0.15) is 5.06 Å². The highest BCUT2D eigenvalue weighted by Gasteiger charge is 2.58. The van der Waals surface area contributed by atoms with Crippen molar-refractivity contribution < 1.29 is 23.9 Å². The summed E-state index contributed by atoms with van der Waals surface area (Å²) in [5.74, 6) is -1.12. The van der Waals surface area contributed by atoms with Crippen molar-refractivity contribution in [2.75, 3.05) is 13.2 Å². The van der Waals surface area contributed by atoms with Gasteiger partial charge in [-0.05, 0) is 18.1 Å². The largest absolute Gasteiger partial charge is 0.375 e. The molecule has 3 rings (SSSR count). The molecule has 0 radical (unpaired) electrons. The highest BCUT2D eigenvalue weighted by Crippen LogP contribution is 2.47. The number of halogens is 1. The van der Waals surface area contributed by atoms with E-state index in [1.54, 1.807) is 24.3 Å². The summed E-state index contributed by atoms with van der Waals surface area (Å²) < 4.78 is 12.5. The first-order valence-electron chi connectivity index (χ1n) is 6.81. The summed E-state index contributed by atoms with van der Waals surface area (Å²) in [4.78, 5) is 34.5. The second-order valence-electron chi connectivity index (χ2n) is 5.45. The molecule has 0 aromatic heterocycles. The van der Waals surface area contributed by atoms with Crippen LogP contribution >= 0.6 is 0 Å². The van der Waals surface area contributed by atoms with Gasteiger partial charge >= 0.3 is 12.0 Å². The minimum Gasteiger partial charge on any atom is -0.302 e. The van der Waals surface area contributed by atoms with E-state index in [0.717, 1.165) is 5.56 Å². The normalized spacial score (nSPS) is 25.9. The van der Waals surface area contributed by atoms with Crippen LogP contribution in [0.25, 0.3) is 0 Å². The van der Waals surface area contributed by atoms with E-state index in [2.05, 4.69) is 11.5 Å². The van der Waals surface area contributed by atoms with Crippen molar-refractivity contribution in [3.05, 3.63) is 48.0 Å². The van der Waals surface area contributed by atoms with Crippen LogP contribution in [0, 0.1) is 0 Å². The van der Waals surface area contributed by atoms with E-state index in [0.29, 0.717) is 5.56 Å². The fourth-order valence-corrected chi connectivity index (χ4v) is 3.20. The van der Waals surface area contributed by atoms with E-state index in [9.17, 15) is 14.1 Å². The number of carbonyl (C=O) groups excluding carboxylic acids is 2. The Labute approximate surface area is 126 Å². The average molecular weight is 306 g/mol. The lowest BCUT2D eigenvalue weighted by Crippen LogP contribution is -2.44. The molecule has 116 valence electrons. The molecule has 0 aliphatic carbocycles. The van der Waals surface area contributed by atoms with Gasteiger partial charge in [0.15, 0.2) is 6.04 Å². The Morgan fingerprint density at radius 2 is 2.27 bits per heavy atom. The molecule has 0 saturated carbocycles. The maximum Gasteiger partial charge on any atom is 0.375 e. The fourth-order valence-electron chi connectivity index (χ4n) is 3.20. The third-order valence-electron chi connectivity index (χ3n) is 4.11. The molecule has 2 aliphatic rings. The summed E-state index contributed by atoms with van der Waals surface area (Å²) in [6, 6.07) is 5.40. The van der Waals surface area contributed by atoms with Crippen molar-refractivity contribution in [2.24, 2.45) is 0 Å². The van der Waals surface area contributed by atoms with Crippen LogP contribution in [0.5, 0.6) is 0 Å². The summed E-state index contributed by atoms with van der Waals surface area (Å²) in [6.45, 7) is 5.75. The Balaban J connectivity index is 2.13. The van der Waals surface area contributed by atoms with Gasteiger partial charge in [-0.25, -0.2) is 9.59 Å². The Bertz CT molecular complexity index is 650. The van der Waals surface area contributed by atoms with E-state index in [1.807, 2.05) is 6.92 Å². The lowest BCUT2D eigenvalue weighted by atomic mass is 9.82. The zero-order chi connectivity index (χ0) is 15.9. The molecule has 0 N–H and O–H groups in total. The second-order valence-corrected chi connectivity index (χ2v) is 5.45. The topological polar surface area (TPSA) is 59.1 Å². The van der Waals surface area contributed by atoms with Gasteiger partial charge in [-0.15, -0.1) is 6.58 Å². The number of nitrogens with zero attached hydrogens (tertiary/aromatic N) is 2. The van der Waals surface area contributed by atoms with Crippen LogP contribution in [0.3, 0.4) is 0 Å². The van der Waals surface area contributed by atoms with Crippen molar-refractivity contribution in [3.63, 3.8) is 0 Å². The molecule has 1 saturated heterocycles. The number of hydrogen-bond donors (Lipinski definition) is 0. The number of benzene rings is 1. The summed E-state index contributed by atoms with van der Waals surface area (Å²) >= 11 is 0. The Morgan fingerprint density at radius 1 is 1.55 bits per heavy atom. The van der Waals surface area contributed by atoms with Gasteiger partial charge in [-0.3, -0.25) is 9.78 Å². The van der Waals surface area contributed by atoms with E-state index >= 15 is 0 Å². The molecule has 1 fully saturated rings. The number of urea groups is 1. The maximum absolute atomic E-state index is 12.6. The Kier molecular flexibility index (Phi) is 3.37. The lowest BCUT2D eigenvalue weighted by molar-refractivity contribution is -0.189. The Hall–Kier alpha value is -2.41. The first kappa shape index (κ1) is 14.5. The number of hydroxylamine groups is 2. The minimum atomic E-state index is -1.12. The molecule has 0 spiro atoms. The van der Waals surface area contributed by atoms with Crippen molar-refractivity contribution in [1.29, 1.82) is 0 Å². The number of hydrogen-bond acceptors (Lipinski definition) is 4.